The van der Waals surface area contributed by atoms with E-state index in [9.17, 15) is 10.0 Å². The van der Waals surface area contributed by atoms with Crippen LogP contribution in [0.1, 0.15) is 76.2 Å². The van der Waals surface area contributed by atoms with Crippen molar-refractivity contribution < 1.29 is 10.0 Å². The van der Waals surface area contributed by atoms with E-state index in [1.165, 1.54) is 48.4 Å². The minimum Gasteiger partial charge on any atom is -0.286 e. The SMILES string of the molecule is CCCCCCCC[C@@H]1C[C@H](c2cccc3ccccc23)CC(=O)N1O. The van der Waals surface area contributed by atoms with Gasteiger partial charge in [0.15, 0.2) is 0 Å². The predicted octanol–water partition coefficient (Wildman–Crippen LogP) is 6.05. The summed E-state index contributed by atoms with van der Waals surface area (Å²) >= 11 is 0. The Morgan fingerprint density at radius 3 is 2.58 bits per heavy atom. The molecule has 0 aromatic heterocycles. The number of benzene rings is 2. The largest absolute Gasteiger partial charge is 0.286 e. The van der Waals surface area contributed by atoms with Crippen LogP contribution in [0.4, 0.5) is 0 Å². The summed E-state index contributed by atoms with van der Waals surface area (Å²) in [5, 5.41) is 13.7. The lowest BCUT2D eigenvalue weighted by Gasteiger charge is -2.35. The molecule has 2 aromatic rings. The number of fused-ring (bicyclic) bond motifs is 1. The van der Waals surface area contributed by atoms with Crippen molar-refractivity contribution in [1.29, 1.82) is 0 Å². The molecule has 1 aliphatic heterocycles. The van der Waals surface area contributed by atoms with Crippen molar-refractivity contribution in [2.75, 3.05) is 0 Å². The number of amides is 1. The van der Waals surface area contributed by atoms with E-state index in [1.807, 2.05) is 0 Å². The molecule has 26 heavy (non-hydrogen) atoms. The first-order chi connectivity index (χ1) is 12.7. The fourth-order valence-corrected chi connectivity index (χ4v) is 4.26. The quantitative estimate of drug-likeness (QED) is 0.463. The van der Waals surface area contributed by atoms with Crippen LogP contribution >= 0.6 is 0 Å². The van der Waals surface area contributed by atoms with E-state index in [0.717, 1.165) is 24.3 Å². The third-order valence-electron chi connectivity index (χ3n) is 5.73. The molecule has 0 saturated carbocycles. The van der Waals surface area contributed by atoms with Gasteiger partial charge in [-0.1, -0.05) is 87.9 Å². The van der Waals surface area contributed by atoms with Crippen LogP contribution in [0.3, 0.4) is 0 Å². The van der Waals surface area contributed by atoms with Crippen molar-refractivity contribution in [3.63, 3.8) is 0 Å². The Morgan fingerprint density at radius 2 is 1.73 bits per heavy atom. The molecule has 1 saturated heterocycles. The lowest BCUT2D eigenvalue weighted by Crippen LogP contribution is -2.43. The number of hydrogen-bond donors (Lipinski definition) is 1. The van der Waals surface area contributed by atoms with Gasteiger partial charge in [0.2, 0.25) is 5.91 Å². The lowest BCUT2D eigenvalue weighted by molar-refractivity contribution is -0.184. The molecule has 1 N–H and O–H groups in total. The number of carbonyl (C=O) groups is 1. The van der Waals surface area contributed by atoms with Crippen molar-refractivity contribution in [2.24, 2.45) is 0 Å². The Bertz CT molecular complexity index is 722. The zero-order valence-corrected chi connectivity index (χ0v) is 15.9. The molecule has 2 atom stereocenters. The number of hydroxylamine groups is 2. The Labute approximate surface area is 157 Å². The zero-order chi connectivity index (χ0) is 18.4. The summed E-state index contributed by atoms with van der Waals surface area (Å²) in [6.45, 7) is 2.23. The van der Waals surface area contributed by atoms with Gasteiger partial charge in [-0.25, -0.2) is 5.06 Å². The molecular formula is C23H31NO2. The van der Waals surface area contributed by atoms with Crippen LogP contribution in [0.2, 0.25) is 0 Å². The molecular weight excluding hydrogens is 322 g/mol. The second-order valence-corrected chi connectivity index (χ2v) is 7.65. The first-order valence-electron chi connectivity index (χ1n) is 10.2. The van der Waals surface area contributed by atoms with Crippen LogP contribution in [0.5, 0.6) is 0 Å². The van der Waals surface area contributed by atoms with Crippen molar-refractivity contribution in [3.8, 4) is 0 Å². The molecule has 0 spiro atoms. The second kappa shape index (κ2) is 9.18. The van der Waals surface area contributed by atoms with Crippen molar-refractivity contribution >= 4 is 16.7 Å². The minimum absolute atomic E-state index is 0.0496. The van der Waals surface area contributed by atoms with Crippen LogP contribution in [0.15, 0.2) is 42.5 Å². The lowest BCUT2D eigenvalue weighted by atomic mass is 9.82. The van der Waals surface area contributed by atoms with E-state index in [2.05, 4.69) is 49.4 Å². The monoisotopic (exact) mass is 353 g/mol. The smallest absolute Gasteiger partial charge is 0.246 e. The maximum Gasteiger partial charge on any atom is 0.246 e. The summed E-state index contributed by atoms with van der Waals surface area (Å²) in [5.41, 5.74) is 1.25. The van der Waals surface area contributed by atoms with E-state index in [0.29, 0.717) is 6.42 Å². The molecule has 1 aliphatic rings. The fraction of sp³-hybridized carbons (Fsp3) is 0.522. The van der Waals surface area contributed by atoms with Crippen LogP contribution in [-0.4, -0.2) is 22.2 Å². The number of rotatable bonds is 8. The van der Waals surface area contributed by atoms with Crippen LogP contribution in [-0.2, 0) is 4.79 Å². The van der Waals surface area contributed by atoms with Gasteiger partial charge in [-0.05, 0) is 35.1 Å². The van der Waals surface area contributed by atoms with Gasteiger partial charge in [0.05, 0.1) is 6.04 Å². The average Bonchev–Trinajstić information content (AvgIpc) is 2.67. The molecule has 3 rings (SSSR count). The molecule has 0 radical (unpaired) electrons. The van der Waals surface area contributed by atoms with E-state index in [4.69, 9.17) is 0 Å². The third kappa shape index (κ3) is 4.45. The molecule has 140 valence electrons. The Kier molecular flexibility index (Phi) is 6.67. The normalized spacial score (nSPS) is 20.7. The molecule has 0 aliphatic carbocycles. The molecule has 2 aromatic carbocycles. The number of piperidine rings is 1. The van der Waals surface area contributed by atoms with Crippen LogP contribution in [0.25, 0.3) is 10.8 Å². The summed E-state index contributed by atoms with van der Waals surface area (Å²) in [5.74, 6) is 0.0623. The van der Waals surface area contributed by atoms with Crippen molar-refractivity contribution in [1.82, 2.24) is 5.06 Å². The molecule has 0 unspecified atom stereocenters. The van der Waals surface area contributed by atoms with E-state index in [1.54, 1.807) is 0 Å². The van der Waals surface area contributed by atoms with Gasteiger partial charge in [0, 0.05) is 6.42 Å². The Morgan fingerprint density at radius 1 is 1.00 bits per heavy atom. The van der Waals surface area contributed by atoms with Crippen molar-refractivity contribution in [2.45, 2.75) is 76.7 Å². The standard InChI is InChI=1S/C23H31NO2/c1-2-3-4-5-6-7-13-20-16-19(17-23(25)24(20)26)22-15-10-12-18-11-8-9-14-21(18)22/h8-12,14-15,19-20,26H,2-7,13,16-17H2,1H3/t19-,20+/m0/s1. The second-order valence-electron chi connectivity index (χ2n) is 7.65. The molecule has 1 fully saturated rings. The predicted molar refractivity (Wildman–Crippen MR) is 106 cm³/mol. The van der Waals surface area contributed by atoms with E-state index < -0.39 is 0 Å². The summed E-state index contributed by atoms with van der Waals surface area (Å²) in [6, 6.07) is 14.7. The first-order valence-corrected chi connectivity index (χ1v) is 10.2. The number of nitrogens with zero attached hydrogens (tertiary/aromatic N) is 1. The fourth-order valence-electron chi connectivity index (χ4n) is 4.26. The Hall–Kier alpha value is -1.87. The number of hydrogen-bond acceptors (Lipinski definition) is 2. The molecule has 1 amide bonds. The highest BCUT2D eigenvalue weighted by Crippen LogP contribution is 2.36. The van der Waals surface area contributed by atoms with Crippen LogP contribution in [0, 0.1) is 0 Å². The van der Waals surface area contributed by atoms with Gasteiger partial charge in [-0.15, -0.1) is 0 Å². The average molecular weight is 354 g/mol. The van der Waals surface area contributed by atoms with Gasteiger partial charge < -0.3 is 0 Å². The third-order valence-corrected chi connectivity index (χ3v) is 5.73. The maximum atomic E-state index is 12.4. The van der Waals surface area contributed by atoms with Crippen molar-refractivity contribution in [3.05, 3.63) is 48.0 Å². The number of carbonyl (C=O) groups excluding carboxylic acids is 1. The minimum atomic E-state index is -0.134. The maximum absolute atomic E-state index is 12.4. The molecule has 0 bridgehead atoms. The van der Waals surface area contributed by atoms with Crippen LogP contribution < -0.4 is 0 Å². The molecule has 1 heterocycles. The first kappa shape index (κ1) is 18.9. The van der Waals surface area contributed by atoms with Gasteiger partial charge in [0.25, 0.3) is 0 Å². The zero-order valence-electron chi connectivity index (χ0n) is 15.9. The molecule has 3 heteroatoms. The summed E-state index contributed by atoms with van der Waals surface area (Å²) in [6.07, 6.45) is 9.54. The van der Waals surface area contributed by atoms with Gasteiger partial charge in [-0.3, -0.25) is 10.0 Å². The van der Waals surface area contributed by atoms with E-state index in [-0.39, 0.29) is 17.9 Å². The topological polar surface area (TPSA) is 40.5 Å². The van der Waals surface area contributed by atoms with Gasteiger partial charge in [-0.2, -0.15) is 0 Å². The summed E-state index contributed by atoms with van der Waals surface area (Å²) in [4.78, 5) is 12.4. The summed E-state index contributed by atoms with van der Waals surface area (Å²) < 4.78 is 0. The van der Waals surface area contributed by atoms with Gasteiger partial charge >= 0.3 is 0 Å². The highest BCUT2D eigenvalue weighted by molar-refractivity contribution is 5.87. The Balaban J connectivity index is 1.66. The summed E-state index contributed by atoms with van der Waals surface area (Å²) in [7, 11) is 0. The highest BCUT2D eigenvalue weighted by atomic mass is 16.5. The molecule has 3 nitrogen and oxygen atoms in total. The highest BCUT2D eigenvalue weighted by Gasteiger charge is 2.34. The number of unbranched alkanes of at least 4 members (excludes halogenated alkanes) is 5. The van der Waals surface area contributed by atoms with Gasteiger partial charge in [0.1, 0.15) is 0 Å². The van der Waals surface area contributed by atoms with E-state index >= 15 is 0 Å².